The van der Waals surface area contributed by atoms with Crippen molar-refractivity contribution in [2.24, 2.45) is 4.99 Å². The fraction of sp³-hybridized carbons (Fsp3) is 0.0769. The summed E-state index contributed by atoms with van der Waals surface area (Å²) >= 11 is 4.99. The lowest BCUT2D eigenvalue weighted by Crippen LogP contribution is -2.31. The van der Waals surface area contributed by atoms with Crippen molar-refractivity contribution in [1.29, 1.82) is 0 Å². The number of hydrogen-bond donors (Lipinski definition) is 3. The molecule has 0 fully saturated rings. The van der Waals surface area contributed by atoms with Gasteiger partial charge in [-0.05, 0) is 24.3 Å². The van der Waals surface area contributed by atoms with Gasteiger partial charge in [0, 0.05) is 5.69 Å². The molecule has 108 valence electrons. The standard InChI is InChI=1S/C13H9FN2O4S/c14-6-1-3-7(4-2-6)16-12(21)9-8(17)5-15-10(11(9)18)13(19)20/h1-4,18H,5H2,(H,16,21)(H,19,20). The van der Waals surface area contributed by atoms with Crippen LogP contribution in [0.2, 0.25) is 0 Å². The van der Waals surface area contributed by atoms with Gasteiger partial charge in [-0.2, -0.15) is 0 Å². The summed E-state index contributed by atoms with van der Waals surface area (Å²) in [6.45, 7) is -0.410. The summed E-state index contributed by atoms with van der Waals surface area (Å²) in [6.07, 6.45) is 0. The molecule has 6 nitrogen and oxygen atoms in total. The van der Waals surface area contributed by atoms with Crippen LogP contribution in [0.4, 0.5) is 10.1 Å². The van der Waals surface area contributed by atoms with Crippen molar-refractivity contribution in [3.8, 4) is 0 Å². The zero-order valence-corrected chi connectivity index (χ0v) is 11.3. The number of thiocarbonyl (C=S) groups is 1. The lowest BCUT2D eigenvalue weighted by Gasteiger charge is -2.15. The number of Topliss-reactive ketones (excluding diaryl/α,β-unsaturated/α-hetero) is 1. The number of carbonyl (C=O) groups excluding carboxylic acids is 1. The second-order valence-electron chi connectivity index (χ2n) is 4.08. The van der Waals surface area contributed by atoms with E-state index in [1.165, 1.54) is 24.3 Å². The van der Waals surface area contributed by atoms with Gasteiger partial charge < -0.3 is 15.5 Å². The number of dihydropyridines is 1. The number of nitrogens with zero attached hydrogens (tertiary/aromatic N) is 1. The number of aliphatic imine (C=N–C) groups is 1. The number of nitrogens with one attached hydrogen (secondary N) is 1. The number of hydrogen-bond acceptors (Lipinski definition) is 5. The number of anilines is 1. The van der Waals surface area contributed by atoms with Gasteiger partial charge in [-0.15, -0.1) is 0 Å². The number of carbonyl (C=O) groups is 2. The highest BCUT2D eigenvalue weighted by molar-refractivity contribution is 7.81. The van der Waals surface area contributed by atoms with Crippen LogP contribution in [0.15, 0.2) is 40.6 Å². The van der Waals surface area contributed by atoms with Gasteiger partial charge in [-0.25, -0.2) is 9.18 Å². The molecule has 8 heteroatoms. The van der Waals surface area contributed by atoms with Crippen LogP contribution in [-0.2, 0) is 9.59 Å². The van der Waals surface area contributed by atoms with E-state index >= 15 is 0 Å². The number of aliphatic carboxylic acids is 1. The third-order valence-electron chi connectivity index (χ3n) is 2.65. The Labute approximate surface area is 123 Å². The fourth-order valence-electron chi connectivity index (χ4n) is 1.69. The lowest BCUT2D eigenvalue weighted by molar-refractivity contribution is -0.129. The number of carboxylic acid groups (broad SMARTS) is 1. The summed E-state index contributed by atoms with van der Waals surface area (Å²) in [5, 5.41) is 21.3. The molecular weight excluding hydrogens is 299 g/mol. The zero-order chi connectivity index (χ0) is 15.6. The first-order valence-corrected chi connectivity index (χ1v) is 6.12. The molecule has 0 bridgehead atoms. The van der Waals surface area contributed by atoms with E-state index < -0.39 is 35.6 Å². The van der Waals surface area contributed by atoms with E-state index in [0.717, 1.165) is 0 Å². The monoisotopic (exact) mass is 308 g/mol. The lowest BCUT2D eigenvalue weighted by atomic mass is 10.0. The number of rotatable bonds is 3. The van der Waals surface area contributed by atoms with Gasteiger partial charge in [0.25, 0.3) is 0 Å². The van der Waals surface area contributed by atoms with Gasteiger partial charge in [-0.1, -0.05) is 12.2 Å². The molecule has 0 saturated heterocycles. The van der Waals surface area contributed by atoms with Crippen LogP contribution in [0.1, 0.15) is 0 Å². The van der Waals surface area contributed by atoms with Crippen molar-refractivity contribution < 1.29 is 24.2 Å². The Morgan fingerprint density at radius 2 is 1.95 bits per heavy atom. The molecule has 0 atom stereocenters. The van der Waals surface area contributed by atoms with Crippen LogP contribution in [0, 0.1) is 5.82 Å². The van der Waals surface area contributed by atoms with Crippen LogP contribution in [0.3, 0.4) is 0 Å². The van der Waals surface area contributed by atoms with Crippen molar-refractivity contribution in [3.63, 3.8) is 0 Å². The molecule has 1 aliphatic rings. The van der Waals surface area contributed by atoms with E-state index in [4.69, 9.17) is 17.3 Å². The minimum absolute atomic E-state index is 0.155. The average Bonchev–Trinajstić information content (AvgIpc) is 2.41. The molecule has 21 heavy (non-hydrogen) atoms. The second-order valence-corrected chi connectivity index (χ2v) is 4.49. The highest BCUT2D eigenvalue weighted by atomic mass is 32.1. The normalized spacial score (nSPS) is 14.7. The Balaban J connectivity index is 2.30. The Morgan fingerprint density at radius 1 is 1.33 bits per heavy atom. The van der Waals surface area contributed by atoms with Gasteiger partial charge in [0.15, 0.2) is 17.3 Å². The average molecular weight is 308 g/mol. The first-order valence-electron chi connectivity index (χ1n) is 5.71. The zero-order valence-electron chi connectivity index (χ0n) is 10.5. The van der Waals surface area contributed by atoms with E-state index in [1.807, 2.05) is 0 Å². The van der Waals surface area contributed by atoms with Crippen LogP contribution in [0.5, 0.6) is 0 Å². The van der Waals surface area contributed by atoms with Crippen molar-refractivity contribution in [3.05, 3.63) is 41.4 Å². The Morgan fingerprint density at radius 3 is 2.52 bits per heavy atom. The highest BCUT2D eigenvalue weighted by Gasteiger charge is 2.30. The molecule has 2 rings (SSSR count). The number of carboxylic acids is 1. The number of benzene rings is 1. The van der Waals surface area contributed by atoms with Crippen molar-refractivity contribution >= 4 is 40.4 Å². The quantitative estimate of drug-likeness (QED) is 0.732. The maximum absolute atomic E-state index is 12.8. The second kappa shape index (κ2) is 5.80. The van der Waals surface area contributed by atoms with Crippen molar-refractivity contribution in [2.45, 2.75) is 0 Å². The van der Waals surface area contributed by atoms with Crippen molar-refractivity contribution in [2.75, 3.05) is 11.9 Å². The minimum Gasteiger partial charge on any atom is -0.505 e. The summed E-state index contributed by atoms with van der Waals surface area (Å²) in [7, 11) is 0. The summed E-state index contributed by atoms with van der Waals surface area (Å²) in [4.78, 5) is 26.0. The Hall–Kier alpha value is -2.61. The Bertz CT molecular complexity index is 695. The summed E-state index contributed by atoms with van der Waals surface area (Å²) in [5.41, 5.74) is -0.538. The van der Waals surface area contributed by atoms with E-state index in [-0.39, 0.29) is 10.6 Å². The molecule has 1 heterocycles. The maximum Gasteiger partial charge on any atom is 0.357 e. The maximum atomic E-state index is 12.8. The first-order chi connectivity index (χ1) is 9.90. The fourth-order valence-corrected chi connectivity index (χ4v) is 2.01. The predicted octanol–water partition coefficient (Wildman–Crippen LogP) is 1.49. The van der Waals surface area contributed by atoms with Crippen LogP contribution >= 0.6 is 12.2 Å². The molecule has 1 aromatic carbocycles. The largest absolute Gasteiger partial charge is 0.505 e. The van der Waals surface area contributed by atoms with Crippen LogP contribution in [-0.4, -0.2) is 39.2 Å². The third-order valence-corrected chi connectivity index (χ3v) is 2.96. The van der Waals surface area contributed by atoms with Crippen molar-refractivity contribution in [1.82, 2.24) is 0 Å². The molecule has 0 radical (unpaired) electrons. The molecule has 0 aromatic heterocycles. The van der Waals surface area contributed by atoms with E-state index in [0.29, 0.717) is 5.69 Å². The van der Waals surface area contributed by atoms with Crippen LogP contribution < -0.4 is 5.32 Å². The van der Waals surface area contributed by atoms with E-state index in [9.17, 15) is 19.1 Å². The van der Waals surface area contributed by atoms with Gasteiger partial charge in [0.05, 0.1) is 5.57 Å². The molecule has 0 amide bonds. The van der Waals surface area contributed by atoms with Gasteiger partial charge in [0.2, 0.25) is 0 Å². The molecule has 1 aromatic rings. The SMILES string of the molecule is O=C(O)C1=NCC(=O)C(C(=S)Nc2ccc(F)cc2)=C1O. The minimum atomic E-state index is -1.46. The number of halogens is 1. The van der Waals surface area contributed by atoms with Gasteiger partial charge >= 0.3 is 5.97 Å². The summed E-state index contributed by atoms with van der Waals surface area (Å²) in [5.74, 6) is -3.28. The highest BCUT2D eigenvalue weighted by Crippen LogP contribution is 2.17. The number of ketones is 1. The number of aliphatic hydroxyl groups is 1. The molecule has 0 saturated carbocycles. The topological polar surface area (TPSA) is 99.0 Å². The molecule has 0 unspecified atom stereocenters. The summed E-state index contributed by atoms with van der Waals surface area (Å²) in [6, 6.07) is 5.15. The summed E-state index contributed by atoms with van der Waals surface area (Å²) < 4.78 is 12.8. The van der Waals surface area contributed by atoms with Gasteiger partial charge in [0.1, 0.15) is 17.4 Å². The van der Waals surface area contributed by atoms with E-state index in [1.54, 1.807) is 0 Å². The third kappa shape index (κ3) is 3.11. The molecule has 1 aliphatic heterocycles. The Kier molecular flexibility index (Phi) is 4.08. The smallest absolute Gasteiger partial charge is 0.357 e. The predicted molar refractivity (Wildman–Crippen MR) is 77.2 cm³/mol. The molecule has 0 aliphatic carbocycles. The molecular formula is C13H9FN2O4S. The first kappa shape index (κ1) is 14.8. The van der Waals surface area contributed by atoms with Gasteiger partial charge in [-0.3, -0.25) is 9.79 Å². The molecule has 3 N–H and O–H groups in total. The van der Waals surface area contributed by atoms with E-state index in [2.05, 4.69) is 10.3 Å². The number of aliphatic hydroxyl groups excluding tert-OH is 1. The molecule has 0 spiro atoms. The van der Waals surface area contributed by atoms with Crippen LogP contribution in [0.25, 0.3) is 0 Å².